The van der Waals surface area contributed by atoms with Crippen molar-refractivity contribution in [1.82, 2.24) is 9.88 Å². The highest BCUT2D eigenvalue weighted by Gasteiger charge is 2.41. The predicted molar refractivity (Wildman–Crippen MR) is 95.6 cm³/mol. The first-order chi connectivity index (χ1) is 11.8. The van der Waals surface area contributed by atoms with Crippen molar-refractivity contribution in [2.45, 2.75) is 64.1 Å². The molecule has 2 saturated carbocycles. The maximum absolute atomic E-state index is 12.0. The summed E-state index contributed by atoms with van der Waals surface area (Å²) in [5, 5.41) is 15.7. The first-order valence-corrected chi connectivity index (χ1v) is 8.80. The largest absolute Gasteiger partial charge is 0.465 e. The Morgan fingerprint density at radius 3 is 2.52 bits per heavy atom. The molecule has 2 aliphatic carbocycles. The third-order valence-electron chi connectivity index (χ3n) is 4.76. The lowest BCUT2D eigenvalue weighted by Gasteiger charge is -2.47. The van der Waals surface area contributed by atoms with Crippen LogP contribution in [0.5, 0.6) is 0 Å². The minimum absolute atomic E-state index is 0.00298. The van der Waals surface area contributed by atoms with Gasteiger partial charge in [0.2, 0.25) is 5.91 Å². The number of hydrogen-bond acceptors (Lipinski definition) is 4. The molecule has 2 fully saturated rings. The van der Waals surface area contributed by atoms with Gasteiger partial charge in [-0.15, -0.1) is 0 Å². The lowest BCUT2D eigenvalue weighted by atomic mass is 9.83. The Kier molecular flexibility index (Phi) is 4.58. The Morgan fingerprint density at radius 2 is 1.96 bits per heavy atom. The summed E-state index contributed by atoms with van der Waals surface area (Å²) in [6.45, 7) is 5.73. The molecular weight excluding hydrogens is 320 g/mol. The van der Waals surface area contributed by atoms with Gasteiger partial charge in [0.15, 0.2) is 0 Å². The van der Waals surface area contributed by atoms with Gasteiger partial charge in [-0.25, -0.2) is 9.78 Å². The molecular formula is C18H26N4O3. The lowest BCUT2D eigenvalue weighted by Crippen LogP contribution is -2.58. The van der Waals surface area contributed by atoms with Gasteiger partial charge in [0.05, 0.1) is 5.69 Å². The monoisotopic (exact) mass is 346 g/mol. The van der Waals surface area contributed by atoms with Crippen LogP contribution in [-0.2, 0) is 4.79 Å². The van der Waals surface area contributed by atoms with Gasteiger partial charge >= 0.3 is 6.09 Å². The van der Waals surface area contributed by atoms with Crippen LogP contribution in [0.1, 0.15) is 46.5 Å². The normalized spacial score (nSPS) is 22.7. The van der Waals surface area contributed by atoms with E-state index in [-0.39, 0.29) is 23.9 Å². The molecule has 1 aromatic rings. The van der Waals surface area contributed by atoms with Crippen LogP contribution in [0.3, 0.4) is 0 Å². The van der Waals surface area contributed by atoms with Crippen molar-refractivity contribution in [3.05, 3.63) is 18.3 Å². The van der Waals surface area contributed by atoms with Crippen molar-refractivity contribution in [2.24, 2.45) is 5.92 Å². The number of nitrogens with one attached hydrogen (secondary N) is 2. The zero-order valence-electron chi connectivity index (χ0n) is 15.0. The highest BCUT2D eigenvalue weighted by atomic mass is 16.4. The molecule has 25 heavy (non-hydrogen) atoms. The highest BCUT2D eigenvalue weighted by Crippen LogP contribution is 2.35. The fourth-order valence-corrected chi connectivity index (χ4v) is 3.30. The fraction of sp³-hybridized carbons (Fsp3) is 0.611. The molecule has 0 saturated heterocycles. The number of pyridine rings is 1. The van der Waals surface area contributed by atoms with Crippen LogP contribution in [0.4, 0.5) is 16.3 Å². The number of hydrogen-bond donors (Lipinski definition) is 3. The standard InChI is InChI=1S/C18H26N4O3/c1-18(2,3)22(17(24)25)13-9-12(10-13)20-15-14(5-4-8-19-15)21-16(23)11-6-7-11/h4-5,8,11-13H,6-7,9-10H2,1-3H3,(H,19,20)(H,21,23)(H,24,25). The fourth-order valence-electron chi connectivity index (χ4n) is 3.30. The maximum atomic E-state index is 12.0. The van der Waals surface area contributed by atoms with Crippen molar-refractivity contribution in [3.63, 3.8) is 0 Å². The minimum atomic E-state index is -0.883. The molecule has 0 aromatic carbocycles. The number of nitrogens with zero attached hydrogens (tertiary/aromatic N) is 2. The highest BCUT2D eigenvalue weighted by molar-refractivity contribution is 5.96. The number of aromatic nitrogens is 1. The van der Waals surface area contributed by atoms with Crippen LogP contribution in [0, 0.1) is 5.92 Å². The van der Waals surface area contributed by atoms with Crippen LogP contribution < -0.4 is 10.6 Å². The number of carboxylic acid groups (broad SMARTS) is 1. The summed E-state index contributed by atoms with van der Waals surface area (Å²) >= 11 is 0. The third-order valence-corrected chi connectivity index (χ3v) is 4.76. The first-order valence-electron chi connectivity index (χ1n) is 8.80. The van der Waals surface area contributed by atoms with Gasteiger partial charge in [-0.2, -0.15) is 0 Å². The summed E-state index contributed by atoms with van der Waals surface area (Å²) < 4.78 is 0. The summed E-state index contributed by atoms with van der Waals surface area (Å²) in [4.78, 5) is 29.4. The molecule has 2 aliphatic rings. The number of carbonyl (C=O) groups is 2. The SMILES string of the molecule is CC(C)(C)N(C(=O)O)C1CC(Nc2ncccc2NC(=O)C2CC2)C1. The average molecular weight is 346 g/mol. The second kappa shape index (κ2) is 6.54. The number of anilines is 2. The van der Waals surface area contributed by atoms with E-state index in [1.54, 1.807) is 12.3 Å². The van der Waals surface area contributed by atoms with Crippen molar-refractivity contribution in [3.8, 4) is 0 Å². The van der Waals surface area contributed by atoms with E-state index in [2.05, 4.69) is 15.6 Å². The third kappa shape index (κ3) is 4.03. The summed E-state index contributed by atoms with van der Waals surface area (Å²) in [6, 6.07) is 3.79. The number of amides is 2. The Hall–Kier alpha value is -2.31. The van der Waals surface area contributed by atoms with Crippen LogP contribution in [0.15, 0.2) is 18.3 Å². The van der Waals surface area contributed by atoms with Gasteiger partial charge in [0, 0.05) is 29.7 Å². The predicted octanol–water partition coefficient (Wildman–Crippen LogP) is 3.15. The smallest absolute Gasteiger partial charge is 0.407 e. The summed E-state index contributed by atoms with van der Waals surface area (Å²) in [6.07, 6.45) is 4.18. The van der Waals surface area contributed by atoms with E-state index in [4.69, 9.17) is 0 Å². The van der Waals surface area contributed by atoms with Crippen molar-refractivity contribution >= 4 is 23.5 Å². The zero-order chi connectivity index (χ0) is 18.2. The second-order valence-electron chi connectivity index (χ2n) is 7.95. The van der Waals surface area contributed by atoms with E-state index >= 15 is 0 Å². The number of carbonyl (C=O) groups excluding carboxylic acids is 1. The van der Waals surface area contributed by atoms with Crippen LogP contribution >= 0.6 is 0 Å². The molecule has 3 N–H and O–H groups in total. The average Bonchev–Trinajstić information content (AvgIpc) is 3.29. The molecule has 2 amide bonds. The van der Waals surface area contributed by atoms with E-state index in [0.717, 1.165) is 25.7 Å². The van der Waals surface area contributed by atoms with Crippen LogP contribution in [-0.4, -0.2) is 44.6 Å². The van der Waals surface area contributed by atoms with E-state index in [0.29, 0.717) is 11.5 Å². The van der Waals surface area contributed by atoms with Crippen LogP contribution in [0.25, 0.3) is 0 Å². The Morgan fingerprint density at radius 1 is 1.28 bits per heavy atom. The Labute approximate surface area is 147 Å². The molecule has 0 aliphatic heterocycles. The van der Waals surface area contributed by atoms with Crippen LogP contribution in [0.2, 0.25) is 0 Å². The summed E-state index contributed by atoms with van der Waals surface area (Å²) in [5.74, 6) is 0.835. The molecule has 0 radical (unpaired) electrons. The van der Waals surface area contributed by atoms with Gasteiger partial charge in [-0.1, -0.05) is 0 Å². The van der Waals surface area contributed by atoms with Crippen molar-refractivity contribution in [1.29, 1.82) is 0 Å². The molecule has 0 unspecified atom stereocenters. The molecule has 7 heteroatoms. The Balaban J connectivity index is 1.60. The second-order valence-corrected chi connectivity index (χ2v) is 7.95. The lowest BCUT2D eigenvalue weighted by molar-refractivity contribution is -0.117. The summed E-state index contributed by atoms with van der Waals surface area (Å²) in [5.41, 5.74) is 0.268. The van der Waals surface area contributed by atoms with Crippen molar-refractivity contribution < 1.29 is 14.7 Å². The van der Waals surface area contributed by atoms with E-state index < -0.39 is 11.6 Å². The first kappa shape index (κ1) is 17.5. The van der Waals surface area contributed by atoms with E-state index in [1.165, 1.54) is 4.90 Å². The van der Waals surface area contributed by atoms with Gasteiger partial charge in [-0.05, 0) is 58.6 Å². The molecule has 1 heterocycles. The van der Waals surface area contributed by atoms with E-state index in [9.17, 15) is 14.7 Å². The molecule has 0 spiro atoms. The molecule has 136 valence electrons. The Bertz CT molecular complexity index is 661. The summed E-state index contributed by atoms with van der Waals surface area (Å²) in [7, 11) is 0. The topological polar surface area (TPSA) is 94.6 Å². The minimum Gasteiger partial charge on any atom is -0.465 e. The molecule has 7 nitrogen and oxygen atoms in total. The van der Waals surface area contributed by atoms with Gasteiger partial charge in [-0.3, -0.25) is 4.79 Å². The van der Waals surface area contributed by atoms with Crippen molar-refractivity contribution in [2.75, 3.05) is 10.6 Å². The van der Waals surface area contributed by atoms with E-state index in [1.807, 2.05) is 26.8 Å². The maximum Gasteiger partial charge on any atom is 0.407 e. The van der Waals surface area contributed by atoms with Gasteiger partial charge in [0.25, 0.3) is 0 Å². The quantitative estimate of drug-likeness (QED) is 0.761. The zero-order valence-corrected chi connectivity index (χ0v) is 15.0. The molecule has 3 rings (SSSR count). The van der Waals surface area contributed by atoms with Gasteiger partial charge in [0.1, 0.15) is 5.82 Å². The molecule has 0 bridgehead atoms. The molecule has 1 aromatic heterocycles. The van der Waals surface area contributed by atoms with Gasteiger partial charge < -0.3 is 20.6 Å². The number of rotatable bonds is 5. The molecule has 0 atom stereocenters.